The number of nitrogens with one attached hydrogen (secondary N) is 1. The maximum absolute atomic E-state index is 13.0. The number of ether oxygens (including phenoxy) is 2. The Bertz CT molecular complexity index is 1060. The van der Waals surface area contributed by atoms with Crippen molar-refractivity contribution in [2.24, 2.45) is 5.92 Å². The number of aliphatic hydroxyl groups excluding tert-OH is 1. The second-order valence-corrected chi connectivity index (χ2v) is 9.13. The number of benzene rings is 1. The molecule has 7 nitrogen and oxygen atoms in total. The summed E-state index contributed by atoms with van der Waals surface area (Å²) in [7, 11) is 1.62. The maximum Gasteiger partial charge on any atom is 0.260 e. The first-order valence-electron chi connectivity index (χ1n) is 11.0. The van der Waals surface area contributed by atoms with Gasteiger partial charge in [0.15, 0.2) is 0 Å². The molecule has 0 aliphatic carbocycles. The summed E-state index contributed by atoms with van der Waals surface area (Å²) >= 11 is 1.45. The van der Waals surface area contributed by atoms with Gasteiger partial charge in [0.2, 0.25) is 0 Å². The van der Waals surface area contributed by atoms with Crippen molar-refractivity contribution in [2.75, 3.05) is 33.4 Å². The fourth-order valence-corrected chi connectivity index (χ4v) is 4.58. The van der Waals surface area contributed by atoms with E-state index in [-0.39, 0.29) is 5.56 Å². The van der Waals surface area contributed by atoms with E-state index in [4.69, 9.17) is 14.5 Å². The molecule has 2 aromatic heterocycles. The Balaban J connectivity index is 1.87. The van der Waals surface area contributed by atoms with Crippen molar-refractivity contribution in [1.29, 1.82) is 0 Å². The minimum absolute atomic E-state index is 0.161. The first-order valence-corrected chi connectivity index (χ1v) is 11.9. The lowest BCUT2D eigenvalue weighted by Gasteiger charge is -2.25. The van der Waals surface area contributed by atoms with E-state index in [0.717, 1.165) is 29.8 Å². The summed E-state index contributed by atoms with van der Waals surface area (Å²) in [6.45, 7) is 8.85. The molecule has 2 N–H and O–H groups in total. The number of hydrogen-bond acceptors (Lipinski definition) is 7. The molecule has 0 fully saturated rings. The Morgan fingerprint density at radius 1 is 1.25 bits per heavy atom. The standard InChI is InChI=1S/C24H33N3O4S/c1-5-31-14-17(28)12-27(11-10-16(2)3)13-21-25-23(29)22-19(15-32-24(22)26-21)18-8-6-7-9-20(18)30-4/h6-9,15-17,28H,5,10-14H2,1-4H3,(H,25,26,29). The van der Waals surface area contributed by atoms with Gasteiger partial charge >= 0.3 is 0 Å². The maximum atomic E-state index is 13.0. The summed E-state index contributed by atoms with van der Waals surface area (Å²) < 4.78 is 10.8. The third kappa shape index (κ3) is 6.16. The molecule has 3 rings (SSSR count). The summed E-state index contributed by atoms with van der Waals surface area (Å²) in [5.41, 5.74) is 1.54. The van der Waals surface area contributed by atoms with Crippen LogP contribution in [0.15, 0.2) is 34.4 Å². The molecule has 8 heteroatoms. The van der Waals surface area contributed by atoms with E-state index < -0.39 is 6.10 Å². The van der Waals surface area contributed by atoms with Crippen LogP contribution < -0.4 is 10.3 Å². The van der Waals surface area contributed by atoms with Crippen LogP contribution in [0.3, 0.4) is 0 Å². The van der Waals surface area contributed by atoms with Crippen LogP contribution in [0.4, 0.5) is 0 Å². The fourth-order valence-electron chi connectivity index (χ4n) is 3.63. The molecule has 0 saturated carbocycles. The number of para-hydroxylation sites is 1. The number of hydrogen-bond donors (Lipinski definition) is 2. The monoisotopic (exact) mass is 459 g/mol. The van der Waals surface area contributed by atoms with Crippen LogP contribution in [-0.4, -0.2) is 59.5 Å². The predicted molar refractivity (Wildman–Crippen MR) is 129 cm³/mol. The molecule has 0 aliphatic heterocycles. The summed E-state index contributed by atoms with van der Waals surface area (Å²) in [6.07, 6.45) is 0.404. The third-order valence-corrected chi connectivity index (χ3v) is 6.14. The van der Waals surface area contributed by atoms with Gasteiger partial charge < -0.3 is 19.6 Å². The van der Waals surface area contributed by atoms with Gasteiger partial charge in [0.05, 0.1) is 31.8 Å². The van der Waals surface area contributed by atoms with Gasteiger partial charge in [-0.2, -0.15) is 0 Å². The molecular weight excluding hydrogens is 426 g/mol. The molecule has 0 saturated heterocycles. The largest absolute Gasteiger partial charge is 0.496 e. The number of rotatable bonds is 12. The highest BCUT2D eigenvalue weighted by Crippen LogP contribution is 2.36. The molecule has 0 bridgehead atoms. The molecule has 0 amide bonds. The summed E-state index contributed by atoms with van der Waals surface area (Å²) in [4.78, 5) is 23.6. The first-order chi connectivity index (χ1) is 15.4. The van der Waals surface area contributed by atoms with Crippen LogP contribution >= 0.6 is 11.3 Å². The van der Waals surface area contributed by atoms with Gasteiger partial charge in [0.1, 0.15) is 16.4 Å². The first kappa shape index (κ1) is 24.4. The second-order valence-electron chi connectivity index (χ2n) is 8.27. The van der Waals surface area contributed by atoms with Gasteiger partial charge in [-0.1, -0.05) is 32.0 Å². The topological polar surface area (TPSA) is 87.7 Å². The number of aromatic amines is 1. The van der Waals surface area contributed by atoms with Crippen LogP contribution in [-0.2, 0) is 11.3 Å². The minimum atomic E-state index is -0.587. The molecule has 0 radical (unpaired) electrons. The van der Waals surface area contributed by atoms with Crippen LogP contribution in [0.25, 0.3) is 21.3 Å². The number of aromatic nitrogens is 2. The number of aliphatic hydroxyl groups is 1. The van der Waals surface area contributed by atoms with Gasteiger partial charge in [0, 0.05) is 29.7 Å². The Kier molecular flexibility index (Phi) is 8.81. The highest BCUT2D eigenvalue weighted by atomic mass is 32.1. The molecule has 1 aromatic carbocycles. The summed E-state index contributed by atoms with van der Waals surface area (Å²) in [5, 5.41) is 12.9. The lowest BCUT2D eigenvalue weighted by molar-refractivity contribution is 0.0183. The molecule has 1 atom stereocenters. The zero-order chi connectivity index (χ0) is 23.1. The average Bonchev–Trinajstić information content (AvgIpc) is 3.20. The molecule has 174 valence electrons. The highest BCUT2D eigenvalue weighted by molar-refractivity contribution is 7.17. The Hall–Kier alpha value is -2.26. The Morgan fingerprint density at radius 3 is 2.75 bits per heavy atom. The number of nitrogens with zero attached hydrogens (tertiary/aromatic N) is 2. The number of thiophene rings is 1. The third-order valence-electron chi connectivity index (χ3n) is 5.27. The SMILES string of the molecule is CCOCC(O)CN(CCC(C)C)Cc1nc2scc(-c3ccccc3OC)c2c(=O)[nH]1. The lowest BCUT2D eigenvalue weighted by atomic mass is 10.1. The van der Waals surface area contributed by atoms with Gasteiger partial charge in [-0.15, -0.1) is 11.3 Å². The van der Waals surface area contributed by atoms with Crippen molar-refractivity contribution in [3.05, 3.63) is 45.8 Å². The number of H-pyrrole nitrogens is 1. The van der Waals surface area contributed by atoms with Gasteiger partial charge in [-0.25, -0.2) is 4.98 Å². The van der Waals surface area contributed by atoms with Crippen molar-refractivity contribution in [3.63, 3.8) is 0 Å². The van der Waals surface area contributed by atoms with Crippen molar-refractivity contribution >= 4 is 21.6 Å². The van der Waals surface area contributed by atoms with Crippen molar-refractivity contribution in [1.82, 2.24) is 14.9 Å². The lowest BCUT2D eigenvalue weighted by Crippen LogP contribution is -2.36. The minimum Gasteiger partial charge on any atom is -0.496 e. The van der Waals surface area contributed by atoms with Crippen molar-refractivity contribution in [2.45, 2.75) is 39.8 Å². The number of fused-ring (bicyclic) bond motifs is 1. The van der Waals surface area contributed by atoms with Crippen LogP contribution in [0.5, 0.6) is 5.75 Å². The molecule has 0 spiro atoms. The van der Waals surface area contributed by atoms with Gasteiger partial charge in [0.25, 0.3) is 5.56 Å². The average molecular weight is 460 g/mol. The van der Waals surface area contributed by atoms with Crippen LogP contribution in [0.2, 0.25) is 0 Å². The van der Waals surface area contributed by atoms with Gasteiger partial charge in [-0.3, -0.25) is 9.69 Å². The summed E-state index contributed by atoms with van der Waals surface area (Å²) in [6, 6.07) is 7.66. The molecule has 32 heavy (non-hydrogen) atoms. The molecule has 3 aromatic rings. The van der Waals surface area contributed by atoms with E-state index in [2.05, 4.69) is 23.7 Å². The predicted octanol–water partition coefficient (Wildman–Crippen LogP) is 3.91. The Labute approximate surface area is 193 Å². The summed E-state index contributed by atoms with van der Waals surface area (Å²) in [5.74, 6) is 1.86. The van der Waals surface area contributed by atoms with E-state index in [1.807, 2.05) is 36.6 Å². The van der Waals surface area contributed by atoms with Gasteiger partial charge in [-0.05, 0) is 31.9 Å². The van der Waals surface area contributed by atoms with Crippen LogP contribution in [0, 0.1) is 5.92 Å². The normalized spacial score (nSPS) is 12.7. The van der Waals surface area contributed by atoms with E-state index in [9.17, 15) is 9.90 Å². The van der Waals surface area contributed by atoms with E-state index in [1.165, 1.54) is 11.3 Å². The van der Waals surface area contributed by atoms with E-state index >= 15 is 0 Å². The second kappa shape index (κ2) is 11.6. The zero-order valence-electron chi connectivity index (χ0n) is 19.3. The number of methoxy groups -OCH3 is 1. The molecule has 1 unspecified atom stereocenters. The quantitative estimate of drug-likeness (QED) is 0.427. The van der Waals surface area contributed by atoms with Crippen molar-refractivity contribution < 1.29 is 14.6 Å². The highest BCUT2D eigenvalue weighted by Gasteiger charge is 2.18. The molecule has 2 heterocycles. The smallest absolute Gasteiger partial charge is 0.260 e. The van der Waals surface area contributed by atoms with Crippen molar-refractivity contribution in [3.8, 4) is 16.9 Å². The van der Waals surface area contributed by atoms with E-state index in [1.54, 1.807) is 7.11 Å². The zero-order valence-corrected chi connectivity index (χ0v) is 20.1. The fraction of sp³-hybridized carbons (Fsp3) is 0.500. The molecular formula is C24H33N3O4S. The van der Waals surface area contributed by atoms with Crippen LogP contribution in [0.1, 0.15) is 33.0 Å². The van der Waals surface area contributed by atoms with E-state index in [0.29, 0.717) is 48.3 Å². The molecule has 0 aliphatic rings. The Morgan fingerprint density at radius 2 is 2.03 bits per heavy atom.